The molecule has 0 aliphatic heterocycles. The van der Waals surface area contributed by atoms with E-state index >= 15 is 0 Å². The molecule has 0 amide bonds. The number of rotatable bonds is 6. The molecule has 0 aliphatic carbocycles. The van der Waals surface area contributed by atoms with Gasteiger partial charge in [-0.05, 0) is 101 Å². The van der Waals surface area contributed by atoms with Crippen LogP contribution in [0.3, 0.4) is 0 Å². The van der Waals surface area contributed by atoms with E-state index in [2.05, 4.69) is 228 Å². The second-order valence-corrected chi connectivity index (χ2v) is 17.2. The van der Waals surface area contributed by atoms with Gasteiger partial charge in [0.1, 0.15) is 11.2 Å². The molecule has 0 spiro atoms. The molecular formula is C58H36N2OS. The highest BCUT2D eigenvalue weighted by Gasteiger charge is 2.22. The Hall–Kier alpha value is -7.92. The summed E-state index contributed by atoms with van der Waals surface area (Å²) in [6, 6.07) is 79.3. The van der Waals surface area contributed by atoms with Crippen molar-refractivity contribution in [3.8, 4) is 27.9 Å². The number of aromatic nitrogens is 1. The predicted molar refractivity (Wildman–Crippen MR) is 264 cm³/mol. The Bertz CT molecular complexity index is 3830. The number of hydrogen-bond donors (Lipinski definition) is 0. The highest BCUT2D eigenvalue weighted by Crippen LogP contribution is 2.46. The standard InChI is InChI=1S/C58H36N2OS/c1-2-17-44-37(13-1)14-12-24-52(44)59(42-16-11-15-39(33-42)40-29-32-57-50(34-40)48-21-6-10-26-56(48)62-57)43-35-49(58-51(36-43)47-20-5-9-25-55(47)61-58)38-27-30-41(31-28-38)60-53-22-7-3-18-45(53)46-19-4-8-23-54(46)60/h1-36H. The van der Waals surface area contributed by atoms with Crippen molar-refractivity contribution in [2.24, 2.45) is 0 Å². The third kappa shape index (κ3) is 5.44. The van der Waals surface area contributed by atoms with Crippen LogP contribution in [0.1, 0.15) is 0 Å². The van der Waals surface area contributed by atoms with Crippen LogP contribution in [0.4, 0.5) is 17.1 Å². The monoisotopic (exact) mass is 808 g/mol. The van der Waals surface area contributed by atoms with Gasteiger partial charge in [0.25, 0.3) is 0 Å². The molecule has 0 bridgehead atoms. The molecule has 3 nitrogen and oxygen atoms in total. The van der Waals surface area contributed by atoms with Crippen molar-refractivity contribution >= 4 is 103 Å². The maximum Gasteiger partial charge on any atom is 0.143 e. The summed E-state index contributed by atoms with van der Waals surface area (Å²) in [7, 11) is 0. The molecule has 0 saturated heterocycles. The minimum Gasteiger partial charge on any atom is -0.455 e. The number of hydrogen-bond acceptors (Lipinski definition) is 3. The zero-order valence-corrected chi connectivity index (χ0v) is 34.3. The van der Waals surface area contributed by atoms with Crippen molar-refractivity contribution in [3.63, 3.8) is 0 Å². The van der Waals surface area contributed by atoms with E-state index in [9.17, 15) is 0 Å². The minimum absolute atomic E-state index is 0.873. The molecule has 13 aromatic rings. The molecule has 3 heterocycles. The maximum atomic E-state index is 6.79. The number of fused-ring (bicyclic) bond motifs is 10. The number of thiophene rings is 1. The Morgan fingerprint density at radius 2 is 1.02 bits per heavy atom. The van der Waals surface area contributed by atoms with E-state index in [4.69, 9.17) is 4.42 Å². The number of para-hydroxylation sites is 3. The summed E-state index contributed by atoms with van der Waals surface area (Å²) in [5.41, 5.74) is 13.0. The summed E-state index contributed by atoms with van der Waals surface area (Å²) < 4.78 is 11.8. The van der Waals surface area contributed by atoms with E-state index in [1.54, 1.807) is 0 Å². The topological polar surface area (TPSA) is 21.3 Å². The van der Waals surface area contributed by atoms with Gasteiger partial charge in [-0.2, -0.15) is 0 Å². The largest absolute Gasteiger partial charge is 0.455 e. The number of anilines is 3. The molecule has 0 N–H and O–H groups in total. The van der Waals surface area contributed by atoms with E-state index in [-0.39, 0.29) is 0 Å². The fraction of sp³-hybridized carbons (Fsp3) is 0. The van der Waals surface area contributed by atoms with Crippen LogP contribution in [0.15, 0.2) is 223 Å². The summed E-state index contributed by atoms with van der Waals surface area (Å²) in [6.07, 6.45) is 0. The van der Waals surface area contributed by atoms with E-state index in [0.29, 0.717) is 0 Å². The van der Waals surface area contributed by atoms with Crippen LogP contribution >= 0.6 is 11.3 Å². The molecule has 0 unspecified atom stereocenters. The summed E-state index contributed by atoms with van der Waals surface area (Å²) in [5, 5.41) is 9.65. The summed E-state index contributed by atoms with van der Waals surface area (Å²) >= 11 is 1.85. The van der Waals surface area contributed by atoms with E-state index in [1.165, 1.54) is 63.9 Å². The van der Waals surface area contributed by atoms with Crippen LogP contribution in [0.25, 0.3) is 103 Å². The average molecular weight is 809 g/mol. The lowest BCUT2D eigenvalue weighted by Crippen LogP contribution is -2.11. The molecule has 290 valence electrons. The van der Waals surface area contributed by atoms with Crippen molar-refractivity contribution in [1.29, 1.82) is 0 Å². The third-order valence-corrected chi connectivity index (χ3v) is 13.7. The lowest BCUT2D eigenvalue weighted by atomic mass is 9.98. The van der Waals surface area contributed by atoms with Crippen molar-refractivity contribution in [2.45, 2.75) is 0 Å². The van der Waals surface area contributed by atoms with Crippen LogP contribution in [0, 0.1) is 0 Å². The minimum atomic E-state index is 0.873. The van der Waals surface area contributed by atoms with Gasteiger partial charge in [-0.15, -0.1) is 11.3 Å². The van der Waals surface area contributed by atoms with Crippen LogP contribution < -0.4 is 4.90 Å². The third-order valence-electron chi connectivity index (χ3n) is 12.6. The van der Waals surface area contributed by atoms with Gasteiger partial charge in [0.05, 0.1) is 16.7 Å². The highest BCUT2D eigenvalue weighted by atomic mass is 32.1. The molecule has 0 atom stereocenters. The zero-order valence-electron chi connectivity index (χ0n) is 33.5. The van der Waals surface area contributed by atoms with Crippen LogP contribution in [0.5, 0.6) is 0 Å². The quantitative estimate of drug-likeness (QED) is 0.167. The fourth-order valence-corrected chi connectivity index (χ4v) is 10.8. The second kappa shape index (κ2) is 13.8. The maximum absolute atomic E-state index is 6.79. The van der Waals surface area contributed by atoms with Gasteiger partial charge in [-0.3, -0.25) is 0 Å². The summed E-state index contributed by atoms with van der Waals surface area (Å²) in [4.78, 5) is 2.43. The van der Waals surface area contributed by atoms with E-state index in [0.717, 1.165) is 55.8 Å². The first-order valence-corrected chi connectivity index (χ1v) is 21.9. The van der Waals surface area contributed by atoms with Crippen LogP contribution in [-0.4, -0.2) is 4.57 Å². The molecule has 13 rings (SSSR count). The van der Waals surface area contributed by atoms with Crippen LogP contribution in [-0.2, 0) is 0 Å². The van der Waals surface area contributed by atoms with Gasteiger partial charge in [0.2, 0.25) is 0 Å². The van der Waals surface area contributed by atoms with Crippen molar-refractivity contribution < 1.29 is 4.42 Å². The van der Waals surface area contributed by atoms with Gasteiger partial charge in [-0.25, -0.2) is 0 Å². The normalized spacial score (nSPS) is 11.9. The first-order valence-electron chi connectivity index (χ1n) is 21.1. The fourth-order valence-electron chi connectivity index (χ4n) is 9.71. The molecule has 3 aromatic heterocycles. The second-order valence-electron chi connectivity index (χ2n) is 16.1. The van der Waals surface area contributed by atoms with Gasteiger partial charge < -0.3 is 13.9 Å². The number of benzene rings is 10. The molecule has 62 heavy (non-hydrogen) atoms. The summed E-state index contributed by atoms with van der Waals surface area (Å²) in [5.74, 6) is 0. The molecule has 10 aromatic carbocycles. The number of furan rings is 1. The predicted octanol–water partition coefficient (Wildman–Crippen LogP) is 17.0. The van der Waals surface area contributed by atoms with Crippen molar-refractivity contribution in [1.82, 2.24) is 4.57 Å². The van der Waals surface area contributed by atoms with Crippen molar-refractivity contribution in [2.75, 3.05) is 4.90 Å². The molecular weight excluding hydrogens is 773 g/mol. The van der Waals surface area contributed by atoms with Crippen LogP contribution in [0.2, 0.25) is 0 Å². The van der Waals surface area contributed by atoms with Gasteiger partial charge in [0.15, 0.2) is 0 Å². The Kier molecular flexibility index (Phi) is 7.78. The zero-order chi connectivity index (χ0) is 40.7. The molecule has 0 aliphatic rings. The number of nitrogens with zero attached hydrogens (tertiary/aromatic N) is 2. The Morgan fingerprint density at radius 3 is 1.84 bits per heavy atom. The smallest absolute Gasteiger partial charge is 0.143 e. The first-order chi connectivity index (χ1) is 30.7. The lowest BCUT2D eigenvalue weighted by Gasteiger charge is -2.28. The Balaban J connectivity index is 1.02. The SMILES string of the molecule is c1cc(-c2ccc3sc4ccccc4c3c2)cc(N(c2cc(-c3ccc(-n4c5ccccc5c5ccccc54)cc3)c3oc4ccccc4c3c2)c2cccc3ccccc23)c1. The summed E-state index contributed by atoms with van der Waals surface area (Å²) in [6.45, 7) is 0. The first kappa shape index (κ1) is 34.9. The molecule has 0 fully saturated rings. The molecule has 0 saturated carbocycles. The van der Waals surface area contributed by atoms with E-state index in [1.807, 2.05) is 11.3 Å². The van der Waals surface area contributed by atoms with Gasteiger partial charge in [-0.1, -0.05) is 140 Å². The Morgan fingerprint density at radius 1 is 0.387 bits per heavy atom. The van der Waals surface area contributed by atoms with Crippen molar-refractivity contribution in [3.05, 3.63) is 218 Å². The molecule has 4 heteroatoms. The lowest BCUT2D eigenvalue weighted by molar-refractivity contribution is 0.670. The van der Waals surface area contributed by atoms with Gasteiger partial charge >= 0.3 is 0 Å². The average Bonchev–Trinajstić information content (AvgIpc) is 4.01. The Labute approximate surface area is 361 Å². The molecule has 0 radical (unpaired) electrons. The highest BCUT2D eigenvalue weighted by molar-refractivity contribution is 7.25. The van der Waals surface area contributed by atoms with Gasteiger partial charge in [0, 0.05) is 69.7 Å². The van der Waals surface area contributed by atoms with E-state index < -0.39 is 0 Å².